The number of amides is 1. The topological polar surface area (TPSA) is 76.5 Å². The van der Waals surface area contributed by atoms with Gasteiger partial charge in [-0.15, -0.1) is 17.9 Å². The molecule has 3 heterocycles. The van der Waals surface area contributed by atoms with Gasteiger partial charge in [-0.2, -0.15) is 0 Å². The van der Waals surface area contributed by atoms with Crippen molar-refractivity contribution in [3.63, 3.8) is 0 Å². The molecule has 2 aromatic heterocycles. The standard InChI is InChI=1S/C25H30N4O3S2/c1-3-12-29-24(31)20-11-15-33-23(20)27-25(29)34-17-22(30)26-16-21(28-13-5-4-6-14-28)18-7-9-19(32-2)10-8-18/h3,7-11,15,21H,1,4-6,12-14,16-17H2,2H3,(H,26,30). The molecule has 1 unspecified atom stereocenters. The first-order valence-electron chi connectivity index (χ1n) is 11.5. The molecular weight excluding hydrogens is 468 g/mol. The van der Waals surface area contributed by atoms with E-state index in [9.17, 15) is 9.59 Å². The van der Waals surface area contributed by atoms with Crippen LogP contribution in [0.4, 0.5) is 0 Å². The molecule has 1 fully saturated rings. The number of aromatic nitrogens is 2. The fourth-order valence-corrected chi connectivity index (χ4v) is 5.88. The predicted molar refractivity (Wildman–Crippen MR) is 139 cm³/mol. The van der Waals surface area contributed by atoms with Gasteiger partial charge in [0.2, 0.25) is 5.91 Å². The minimum atomic E-state index is -0.0984. The highest BCUT2D eigenvalue weighted by molar-refractivity contribution is 7.99. The van der Waals surface area contributed by atoms with E-state index < -0.39 is 0 Å². The van der Waals surface area contributed by atoms with Crippen LogP contribution in [0, 0.1) is 0 Å². The minimum absolute atomic E-state index is 0.0776. The summed E-state index contributed by atoms with van der Waals surface area (Å²) in [6, 6.07) is 9.99. The largest absolute Gasteiger partial charge is 0.497 e. The first kappa shape index (κ1) is 24.5. The zero-order valence-electron chi connectivity index (χ0n) is 19.4. The van der Waals surface area contributed by atoms with E-state index in [0.717, 1.165) is 18.8 Å². The van der Waals surface area contributed by atoms with Crippen LogP contribution in [0.1, 0.15) is 30.9 Å². The average molecular weight is 499 g/mol. The number of nitrogens with one attached hydrogen (secondary N) is 1. The summed E-state index contributed by atoms with van der Waals surface area (Å²) in [5.41, 5.74) is 1.07. The number of piperidine rings is 1. The Balaban J connectivity index is 1.43. The number of ether oxygens (including phenoxy) is 1. The third-order valence-electron chi connectivity index (χ3n) is 6.02. The lowest BCUT2D eigenvalue weighted by Crippen LogP contribution is -2.41. The van der Waals surface area contributed by atoms with E-state index in [1.54, 1.807) is 23.8 Å². The summed E-state index contributed by atoms with van der Waals surface area (Å²) in [7, 11) is 1.66. The quantitative estimate of drug-likeness (QED) is 0.258. The number of rotatable bonds is 10. The van der Waals surface area contributed by atoms with Crippen LogP contribution in [0.2, 0.25) is 0 Å². The number of thioether (sulfide) groups is 1. The van der Waals surface area contributed by atoms with Gasteiger partial charge >= 0.3 is 0 Å². The van der Waals surface area contributed by atoms with E-state index in [2.05, 4.69) is 33.9 Å². The lowest BCUT2D eigenvalue weighted by molar-refractivity contribution is -0.118. The van der Waals surface area contributed by atoms with Gasteiger partial charge in [-0.1, -0.05) is 36.4 Å². The molecule has 1 saturated heterocycles. The Morgan fingerprint density at radius 2 is 2.03 bits per heavy atom. The molecule has 4 rings (SSSR count). The number of likely N-dealkylation sites (tertiary alicyclic amines) is 1. The van der Waals surface area contributed by atoms with Gasteiger partial charge in [-0.3, -0.25) is 19.1 Å². The second-order valence-corrected chi connectivity index (χ2v) is 10.1. The lowest BCUT2D eigenvalue weighted by Gasteiger charge is -2.35. The van der Waals surface area contributed by atoms with Crippen molar-refractivity contribution in [3.05, 3.63) is 64.3 Å². The highest BCUT2D eigenvalue weighted by Gasteiger charge is 2.23. The number of allylic oxidation sites excluding steroid dienone is 1. The van der Waals surface area contributed by atoms with Crippen molar-refractivity contribution in [2.45, 2.75) is 37.0 Å². The Hall–Kier alpha value is -2.62. The second kappa shape index (κ2) is 11.7. The minimum Gasteiger partial charge on any atom is -0.497 e. The van der Waals surface area contributed by atoms with Crippen LogP contribution in [0.25, 0.3) is 10.2 Å². The van der Waals surface area contributed by atoms with Crippen LogP contribution in [0.15, 0.2) is 58.3 Å². The zero-order chi connectivity index (χ0) is 23.9. The van der Waals surface area contributed by atoms with E-state index in [1.807, 2.05) is 17.5 Å². The molecule has 3 aromatic rings. The number of methoxy groups -OCH3 is 1. The molecule has 0 saturated carbocycles. The van der Waals surface area contributed by atoms with Crippen molar-refractivity contribution < 1.29 is 9.53 Å². The molecule has 0 radical (unpaired) electrons. The highest BCUT2D eigenvalue weighted by Crippen LogP contribution is 2.26. The van der Waals surface area contributed by atoms with Gasteiger partial charge in [0.25, 0.3) is 5.56 Å². The Morgan fingerprint density at radius 1 is 1.26 bits per heavy atom. The monoisotopic (exact) mass is 498 g/mol. The molecule has 1 aliphatic heterocycles. The van der Waals surface area contributed by atoms with Gasteiger partial charge in [0, 0.05) is 13.1 Å². The number of thiophene rings is 1. The summed E-state index contributed by atoms with van der Waals surface area (Å²) in [6.45, 7) is 6.69. The maximum absolute atomic E-state index is 12.8. The molecule has 34 heavy (non-hydrogen) atoms. The van der Waals surface area contributed by atoms with Crippen molar-refractivity contribution in [1.29, 1.82) is 0 Å². The molecule has 1 atom stereocenters. The van der Waals surface area contributed by atoms with E-state index in [4.69, 9.17) is 4.74 Å². The van der Waals surface area contributed by atoms with Gasteiger partial charge in [0.05, 0.1) is 24.3 Å². The molecule has 0 spiro atoms. The summed E-state index contributed by atoms with van der Waals surface area (Å²) in [5.74, 6) is 0.934. The predicted octanol–water partition coefficient (Wildman–Crippen LogP) is 4.09. The number of hydrogen-bond acceptors (Lipinski definition) is 7. The normalized spacial score (nSPS) is 15.2. The number of fused-ring (bicyclic) bond motifs is 1. The van der Waals surface area contributed by atoms with Crippen LogP contribution >= 0.6 is 23.1 Å². The molecule has 9 heteroatoms. The third kappa shape index (κ3) is 5.71. The first-order chi connectivity index (χ1) is 16.6. The molecule has 0 aliphatic carbocycles. The molecule has 0 bridgehead atoms. The summed E-state index contributed by atoms with van der Waals surface area (Å²) >= 11 is 2.71. The number of nitrogens with zero attached hydrogens (tertiary/aromatic N) is 3. The summed E-state index contributed by atoms with van der Waals surface area (Å²) < 4.78 is 6.88. The highest BCUT2D eigenvalue weighted by atomic mass is 32.2. The number of benzene rings is 1. The van der Waals surface area contributed by atoms with E-state index >= 15 is 0 Å². The fraction of sp³-hybridized carbons (Fsp3) is 0.400. The second-order valence-electron chi connectivity index (χ2n) is 8.22. The van der Waals surface area contributed by atoms with E-state index in [1.165, 1.54) is 47.9 Å². The van der Waals surface area contributed by atoms with Gasteiger partial charge < -0.3 is 10.1 Å². The molecule has 1 aromatic carbocycles. The van der Waals surface area contributed by atoms with Gasteiger partial charge in [-0.05, 0) is 55.1 Å². The van der Waals surface area contributed by atoms with Crippen molar-refractivity contribution in [1.82, 2.24) is 19.8 Å². The lowest BCUT2D eigenvalue weighted by atomic mass is 10.0. The summed E-state index contributed by atoms with van der Waals surface area (Å²) in [6.07, 6.45) is 5.27. The van der Waals surface area contributed by atoms with Crippen molar-refractivity contribution in [2.24, 2.45) is 0 Å². The van der Waals surface area contributed by atoms with Crippen LogP contribution in [0.3, 0.4) is 0 Å². The molecule has 180 valence electrons. The molecule has 1 N–H and O–H groups in total. The summed E-state index contributed by atoms with van der Waals surface area (Å²) in [5, 5.41) is 6.11. The van der Waals surface area contributed by atoms with E-state index in [-0.39, 0.29) is 23.3 Å². The van der Waals surface area contributed by atoms with Gasteiger partial charge in [-0.25, -0.2) is 4.98 Å². The van der Waals surface area contributed by atoms with Crippen molar-refractivity contribution in [2.75, 3.05) is 32.5 Å². The van der Waals surface area contributed by atoms with Crippen molar-refractivity contribution in [3.8, 4) is 5.75 Å². The Kier molecular flexibility index (Phi) is 8.42. The van der Waals surface area contributed by atoms with Crippen molar-refractivity contribution >= 4 is 39.2 Å². The Labute approximate surface area is 207 Å². The molecular formula is C25H30N4O3S2. The number of hydrogen-bond donors (Lipinski definition) is 1. The van der Waals surface area contributed by atoms with Gasteiger partial charge in [0.15, 0.2) is 5.16 Å². The number of carbonyl (C=O) groups excluding carboxylic acids is 1. The van der Waals surface area contributed by atoms with E-state index in [0.29, 0.717) is 28.5 Å². The van der Waals surface area contributed by atoms with Crippen LogP contribution in [-0.2, 0) is 11.3 Å². The van der Waals surface area contributed by atoms with Gasteiger partial charge in [0.1, 0.15) is 10.6 Å². The first-order valence-corrected chi connectivity index (χ1v) is 13.3. The SMILES string of the molecule is C=CCn1c(SCC(=O)NCC(c2ccc(OC)cc2)N2CCCCC2)nc2sccc2c1=O. The Bertz CT molecular complexity index is 1180. The van der Waals surface area contributed by atoms with Crippen LogP contribution in [-0.4, -0.2) is 52.9 Å². The summed E-state index contributed by atoms with van der Waals surface area (Å²) in [4.78, 5) is 33.4. The zero-order valence-corrected chi connectivity index (χ0v) is 21.0. The average Bonchev–Trinajstić information content (AvgIpc) is 3.35. The number of carbonyl (C=O) groups is 1. The maximum atomic E-state index is 12.8. The molecule has 1 aliphatic rings. The van der Waals surface area contributed by atoms with Crippen LogP contribution < -0.4 is 15.6 Å². The fourth-order valence-electron chi connectivity index (χ4n) is 4.24. The Morgan fingerprint density at radius 3 is 2.74 bits per heavy atom. The maximum Gasteiger partial charge on any atom is 0.263 e. The molecule has 1 amide bonds. The molecule has 7 nitrogen and oxygen atoms in total. The van der Waals surface area contributed by atoms with Crippen LogP contribution in [0.5, 0.6) is 5.75 Å². The third-order valence-corrected chi connectivity index (χ3v) is 7.80. The smallest absolute Gasteiger partial charge is 0.263 e.